The maximum atomic E-state index is 6.58. The highest BCUT2D eigenvalue weighted by Gasteiger charge is 2.37. The van der Waals surface area contributed by atoms with Crippen molar-refractivity contribution in [3.05, 3.63) is 16.1 Å². The fourth-order valence-electron chi connectivity index (χ4n) is 2.46. The predicted octanol–water partition coefficient (Wildman–Crippen LogP) is 3.40. The molecule has 2 heterocycles. The maximum Gasteiger partial charge on any atom is 0.113 e. The molecular formula is C14H24N2OS. The molecule has 0 bridgehead atoms. The molecule has 2 atom stereocenters. The van der Waals surface area contributed by atoms with Gasteiger partial charge in [-0.2, -0.15) is 0 Å². The lowest BCUT2D eigenvalue weighted by atomic mass is 9.87. The molecule has 1 aromatic rings. The van der Waals surface area contributed by atoms with Gasteiger partial charge in [0.2, 0.25) is 0 Å². The summed E-state index contributed by atoms with van der Waals surface area (Å²) in [6.07, 6.45) is 4.35. The predicted molar refractivity (Wildman–Crippen MR) is 76.0 cm³/mol. The van der Waals surface area contributed by atoms with Crippen LogP contribution >= 0.6 is 11.3 Å². The standard InChI is InChI=1S/C14H24N2OS/c1-4-5-11-8-14(15,6-7-17-11)13-16-12(9-18-13)10(2)3/h9-11H,4-8,15H2,1-3H3. The summed E-state index contributed by atoms with van der Waals surface area (Å²) in [7, 11) is 0. The molecule has 0 radical (unpaired) electrons. The lowest BCUT2D eigenvalue weighted by molar-refractivity contribution is -0.0242. The van der Waals surface area contributed by atoms with E-state index in [9.17, 15) is 0 Å². The van der Waals surface area contributed by atoms with Gasteiger partial charge in [0.25, 0.3) is 0 Å². The molecule has 3 nitrogen and oxygen atoms in total. The first-order valence-electron chi connectivity index (χ1n) is 6.91. The minimum absolute atomic E-state index is 0.268. The van der Waals surface area contributed by atoms with Crippen molar-refractivity contribution >= 4 is 11.3 Å². The van der Waals surface area contributed by atoms with Crippen LogP contribution < -0.4 is 5.73 Å². The molecule has 4 heteroatoms. The third kappa shape index (κ3) is 2.92. The number of hydrogen-bond acceptors (Lipinski definition) is 4. The van der Waals surface area contributed by atoms with Crippen molar-refractivity contribution in [1.29, 1.82) is 0 Å². The van der Waals surface area contributed by atoms with Gasteiger partial charge in [-0.25, -0.2) is 4.98 Å². The molecule has 1 saturated heterocycles. The summed E-state index contributed by atoms with van der Waals surface area (Å²) in [5.41, 5.74) is 7.48. The zero-order valence-corrected chi connectivity index (χ0v) is 12.4. The molecule has 0 aromatic carbocycles. The van der Waals surface area contributed by atoms with E-state index in [1.165, 1.54) is 5.69 Å². The van der Waals surface area contributed by atoms with Crippen molar-refractivity contribution in [3.63, 3.8) is 0 Å². The van der Waals surface area contributed by atoms with Crippen LogP contribution in [-0.2, 0) is 10.3 Å². The number of thiazole rings is 1. The highest BCUT2D eigenvalue weighted by molar-refractivity contribution is 7.09. The molecule has 18 heavy (non-hydrogen) atoms. The number of hydrogen-bond donors (Lipinski definition) is 1. The fraction of sp³-hybridized carbons (Fsp3) is 0.786. The van der Waals surface area contributed by atoms with Gasteiger partial charge < -0.3 is 10.5 Å². The number of nitrogens with two attached hydrogens (primary N) is 1. The second kappa shape index (κ2) is 5.68. The highest BCUT2D eigenvalue weighted by Crippen LogP contribution is 2.36. The van der Waals surface area contributed by atoms with Crippen LogP contribution in [0.4, 0.5) is 0 Å². The molecule has 2 rings (SSSR count). The van der Waals surface area contributed by atoms with Gasteiger partial charge in [-0.15, -0.1) is 11.3 Å². The molecule has 0 saturated carbocycles. The molecule has 1 aliphatic rings. The molecular weight excluding hydrogens is 244 g/mol. The molecule has 1 fully saturated rings. The Balaban J connectivity index is 2.13. The Morgan fingerprint density at radius 2 is 2.39 bits per heavy atom. The van der Waals surface area contributed by atoms with Crippen LogP contribution in [0.15, 0.2) is 5.38 Å². The van der Waals surface area contributed by atoms with Crippen molar-refractivity contribution in [1.82, 2.24) is 4.98 Å². The average Bonchev–Trinajstić information content (AvgIpc) is 2.79. The fourth-order valence-corrected chi connectivity index (χ4v) is 3.59. The summed E-state index contributed by atoms with van der Waals surface area (Å²) in [6, 6.07) is 0. The summed E-state index contributed by atoms with van der Waals surface area (Å²) in [5, 5.41) is 3.24. The van der Waals surface area contributed by atoms with Gasteiger partial charge in [0.05, 0.1) is 17.3 Å². The van der Waals surface area contributed by atoms with E-state index in [0.717, 1.165) is 37.3 Å². The van der Waals surface area contributed by atoms with E-state index in [2.05, 4.69) is 26.2 Å². The second-order valence-electron chi connectivity index (χ2n) is 5.62. The minimum Gasteiger partial charge on any atom is -0.378 e. The molecule has 102 valence electrons. The van der Waals surface area contributed by atoms with Crippen molar-refractivity contribution in [2.24, 2.45) is 5.73 Å². The lowest BCUT2D eigenvalue weighted by Gasteiger charge is -2.36. The first-order chi connectivity index (χ1) is 8.55. The lowest BCUT2D eigenvalue weighted by Crippen LogP contribution is -2.45. The van der Waals surface area contributed by atoms with Crippen LogP contribution in [0, 0.1) is 0 Å². The quantitative estimate of drug-likeness (QED) is 0.910. The summed E-state index contributed by atoms with van der Waals surface area (Å²) < 4.78 is 5.79. The zero-order valence-electron chi connectivity index (χ0n) is 11.6. The Bertz CT molecular complexity index is 389. The van der Waals surface area contributed by atoms with Crippen LogP contribution in [0.1, 0.15) is 63.1 Å². The zero-order chi connectivity index (χ0) is 13.2. The van der Waals surface area contributed by atoms with Crippen LogP contribution in [0.3, 0.4) is 0 Å². The Morgan fingerprint density at radius 3 is 3.00 bits per heavy atom. The molecule has 0 aliphatic carbocycles. The van der Waals surface area contributed by atoms with Crippen LogP contribution in [-0.4, -0.2) is 17.7 Å². The smallest absolute Gasteiger partial charge is 0.113 e. The SMILES string of the molecule is CCCC1CC(N)(c2nc(C(C)C)cs2)CCO1. The summed E-state index contributed by atoms with van der Waals surface area (Å²) in [5.74, 6) is 0.477. The molecule has 1 aromatic heterocycles. The summed E-state index contributed by atoms with van der Waals surface area (Å²) in [4.78, 5) is 4.74. The monoisotopic (exact) mass is 268 g/mol. The topological polar surface area (TPSA) is 48.1 Å². The number of ether oxygens (including phenoxy) is 1. The van der Waals surface area contributed by atoms with Gasteiger partial charge in [0.15, 0.2) is 0 Å². The Hall–Kier alpha value is -0.450. The van der Waals surface area contributed by atoms with Gasteiger partial charge in [-0.1, -0.05) is 27.2 Å². The molecule has 1 aliphatic heterocycles. The highest BCUT2D eigenvalue weighted by atomic mass is 32.1. The Morgan fingerprint density at radius 1 is 1.61 bits per heavy atom. The third-order valence-electron chi connectivity index (χ3n) is 3.64. The molecule has 0 spiro atoms. The first-order valence-corrected chi connectivity index (χ1v) is 7.79. The largest absolute Gasteiger partial charge is 0.378 e. The van der Waals surface area contributed by atoms with Gasteiger partial charge in [-0.05, 0) is 25.2 Å². The van der Waals surface area contributed by atoms with Gasteiger partial charge in [0.1, 0.15) is 5.01 Å². The van der Waals surface area contributed by atoms with E-state index in [-0.39, 0.29) is 5.54 Å². The summed E-state index contributed by atoms with van der Waals surface area (Å²) in [6.45, 7) is 7.30. The molecule has 2 N–H and O–H groups in total. The number of nitrogens with zero attached hydrogens (tertiary/aromatic N) is 1. The van der Waals surface area contributed by atoms with Crippen LogP contribution in [0.2, 0.25) is 0 Å². The van der Waals surface area contributed by atoms with E-state index in [4.69, 9.17) is 15.5 Å². The normalized spacial score (nSPS) is 28.8. The van der Waals surface area contributed by atoms with E-state index in [1.807, 2.05) is 0 Å². The third-order valence-corrected chi connectivity index (χ3v) is 4.72. The van der Waals surface area contributed by atoms with Crippen molar-refractivity contribution < 1.29 is 4.74 Å². The van der Waals surface area contributed by atoms with E-state index >= 15 is 0 Å². The van der Waals surface area contributed by atoms with Crippen molar-refractivity contribution in [3.8, 4) is 0 Å². The van der Waals surface area contributed by atoms with Crippen molar-refractivity contribution in [2.75, 3.05) is 6.61 Å². The first kappa shape index (κ1) is 14.0. The van der Waals surface area contributed by atoms with Gasteiger partial charge >= 0.3 is 0 Å². The number of rotatable bonds is 4. The van der Waals surface area contributed by atoms with Crippen LogP contribution in [0.5, 0.6) is 0 Å². The van der Waals surface area contributed by atoms with E-state index < -0.39 is 0 Å². The Labute approximate surface area is 114 Å². The van der Waals surface area contributed by atoms with Crippen molar-refractivity contribution in [2.45, 2.75) is 64.0 Å². The second-order valence-corrected chi connectivity index (χ2v) is 6.48. The van der Waals surface area contributed by atoms with E-state index in [0.29, 0.717) is 12.0 Å². The van der Waals surface area contributed by atoms with Gasteiger partial charge in [0, 0.05) is 12.0 Å². The maximum absolute atomic E-state index is 6.58. The Kier molecular flexibility index (Phi) is 4.41. The minimum atomic E-state index is -0.268. The average molecular weight is 268 g/mol. The summed E-state index contributed by atoms with van der Waals surface area (Å²) >= 11 is 1.71. The molecule has 2 unspecified atom stereocenters. The van der Waals surface area contributed by atoms with Gasteiger partial charge in [-0.3, -0.25) is 0 Å². The molecule has 0 amide bonds. The number of aromatic nitrogens is 1. The van der Waals surface area contributed by atoms with E-state index in [1.54, 1.807) is 11.3 Å². The van der Waals surface area contributed by atoms with Crippen LogP contribution in [0.25, 0.3) is 0 Å².